The van der Waals surface area contributed by atoms with Crippen LogP contribution in [-0.4, -0.2) is 22.9 Å². The molecule has 0 aliphatic heterocycles. The van der Waals surface area contributed by atoms with Crippen molar-refractivity contribution in [1.82, 2.24) is 0 Å². The summed E-state index contributed by atoms with van der Waals surface area (Å²) in [6.07, 6.45) is 4.32. The topological polar surface area (TPSA) is 49.7 Å². The Morgan fingerprint density at radius 1 is 1.30 bits per heavy atom. The van der Waals surface area contributed by atoms with Crippen LogP contribution in [0, 0.1) is 11.7 Å². The molecule has 0 saturated heterocycles. The Morgan fingerprint density at radius 2 is 2.00 bits per heavy atom. The second-order valence-corrected chi connectivity index (χ2v) is 5.72. The molecule has 3 nitrogen and oxygen atoms in total. The van der Waals surface area contributed by atoms with E-state index < -0.39 is 18.0 Å². The van der Waals surface area contributed by atoms with Gasteiger partial charge in [0.25, 0.3) is 0 Å². The van der Waals surface area contributed by atoms with Crippen LogP contribution in [0.2, 0.25) is 0 Å². The highest BCUT2D eigenvalue weighted by molar-refractivity contribution is 5.30. The summed E-state index contributed by atoms with van der Waals surface area (Å²) in [6, 6.07) is 4.40. The second-order valence-electron chi connectivity index (χ2n) is 5.72. The smallest absolute Gasteiger partial charge is 0.165 e. The largest absolute Gasteiger partial charge is 0.488 e. The molecule has 1 aliphatic carbocycles. The minimum absolute atomic E-state index is 0.113. The van der Waals surface area contributed by atoms with E-state index in [-0.39, 0.29) is 12.4 Å². The van der Waals surface area contributed by atoms with Crippen molar-refractivity contribution < 1.29 is 19.3 Å². The number of aliphatic hydroxyl groups excluding tert-OH is 2. The highest BCUT2D eigenvalue weighted by atomic mass is 19.1. The third-order valence-electron chi connectivity index (χ3n) is 3.95. The first-order valence-electron chi connectivity index (χ1n) is 7.34. The van der Waals surface area contributed by atoms with Gasteiger partial charge in [-0.25, -0.2) is 4.39 Å². The van der Waals surface area contributed by atoms with E-state index in [2.05, 4.69) is 0 Å². The van der Waals surface area contributed by atoms with Gasteiger partial charge in [-0.15, -0.1) is 0 Å². The summed E-state index contributed by atoms with van der Waals surface area (Å²) >= 11 is 0. The Labute approximate surface area is 119 Å². The van der Waals surface area contributed by atoms with Gasteiger partial charge in [0.1, 0.15) is 6.61 Å². The van der Waals surface area contributed by atoms with E-state index in [9.17, 15) is 14.6 Å². The van der Waals surface area contributed by atoms with Crippen LogP contribution < -0.4 is 4.74 Å². The molecule has 1 aromatic carbocycles. The maximum Gasteiger partial charge on any atom is 0.165 e. The van der Waals surface area contributed by atoms with Crippen LogP contribution in [0.4, 0.5) is 4.39 Å². The van der Waals surface area contributed by atoms with Gasteiger partial charge < -0.3 is 14.9 Å². The van der Waals surface area contributed by atoms with Gasteiger partial charge in [-0.2, -0.15) is 0 Å². The van der Waals surface area contributed by atoms with E-state index in [0.29, 0.717) is 11.5 Å². The number of hydrogen-bond donors (Lipinski definition) is 2. The lowest BCUT2D eigenvalue weighted by molar-refractivity contribution is 0.0836. The van der Waals surface area contributed by atoms with E-state index in [4.69, 9.17) is 4.74 Å². The van der Waals surface area contributed by atoms with Crippen LogP contribution >= 0.6 is 0 Å². The lowest BCUT2D eigenvalue weighted by Gasteiger charge is -2.16. The van der Waals surface area contributed by atoms with Crippen molar-refractivity contribution in [2.45, 2.75) is 51.2 Å². The van der Waals surface area contributed by atoms with E-state index in [1.165, 1.54) is 37.8 Å². The summed E-state index contributed by atoms with van der Waals surface area (Å²) in [5.74, 6) is 0.201. The summed E-state index contributed by atoms with van der Waals surface area (Å²) in [5, 5.41) is 19.3. The summed E-state index contributed by atoms with van der Waals surface area (Å²) in [7, 11) is 0. The fourth-order valence-electron chi connectivity index (χ4n) is 2.78. The normalized spacial score (nSPS) is 19.0. The Morgan fingerprint density at radius 3 is 2.60 bits per heavy atom. The molecule has 1 aromatic rings. The van der Waals surface area contributed by atoms with Crippen molar-refractivity contribution in [3.05, 3.63) is 29.6 Å². The fourth-order valence-corrected chi connectivity index (χ4v) is 2.78. The molecule has 0 amide bonds. The first-order valence-corrected chi connectivity index (χ1v) is 7.34. The SMILES string of the molecule is CC(O)c1ccc(OCC(O)CC2CCCC2)c(F)c1. The molecule has 1 saturated carbocycles. The van der Waals surface area contributed by atoms with Gasteiger partial charge in [0.15, 0.2) is 11.6 Å². The zero-order valence-corrected chi connectivity index (χ0v) is 11.9. The average Bonchev–Trinajstić information content (AvgIpc) is 2.90. The number of aliphatic hydroxyl groups is 2. The molecule has 2 atom stereocenters. The molecule has 20 heavy (non-hydrogen) atoms. The number of ether oxygens (including phenoxy) is 1. The average molecular weight is 282 g/mol. The molecule has 2 unspecified atom stereocenters. The van der Waals surface area contributed by atoms with Crippen molar-refractivity contribution >= 4 is 0 Å². The number of hydrogen-bond acceptors (Lipinski definition) is 3. The molecule has 0 spiro atoms. The maximum absolute atomic E-state index is 13.7. The molecule has 0 bridgehead atoms. The predicted octanol–water partition coefficient (Wildman–Crippen LogP) is 3.20. The van der Waals surface area contributed by atoms with Gasteiger partial charge in [-0.3, -0.25) is 0 Å². The van der Waals surface area contributed by atoms with Crippen LogP contribution in [0.25, 0.3) is 0 Å². The van der Waals surface area contributed by atoms with E-state index >= 15 is 0 Å². The molecule has 1 aliphatic rings. The molecule has 0 aromatic heterocycles. The maximum atomic E-state index is 13.7. The molecule has 0 heterocycles. The molecule has 2 N–H and O–H groups in total. The highest BCUT2D eigenvalue weighted by Crippen LogP contribution is 2.29. The lowest BCUT2D eigenvalue weighted by atomic mass is 10.0. The minimum atomic E-state index is -0.702. The van der Waals surface area contributed by atoms with Crippen LogP contribution in [0.3, 0.4) is 0 Å². The Kier molecular flexibility index (Phi) is 5.38. The van der Waals surface area contributed by atoms with Gasteiger partial charge in [-0.05, 0) is 37.0 Å². The highest BCUT2D eigenvalue weighted by Gasteiger charge is 2.19. The van der Waals surface area contributed by atoms with Crippen molar-refractivity contribution in [2.24, 2.45) is 5.92 Å². The molecule has 112 valence electrons. The van der Waals surface area contributed by atoms with Crippen molar-refractivity contribution in [2.75, 3.05) is 6.61 Å². The fraction of sp³-hybridized carbons (Fsp3) is 0.625. The molecule has 4 heteroatoms. The van der Waals surface area contributed by atoms with Gasteiger partial charge in [0.05, 0.1) is 12.2 Å². The third-order valence-corrected chi connectivity index (χ3v) is 3.95. The summed E-state index contributed by atoms with van der Waals surface area (Å²) in [5.41, 5.74) is 0.515. The summed E-state index contributed by atoms with van der Waals surface area (Å²) in [4.78, 5) is 0. The van der Waals surface area contributed by atoms with Gasteiger partial charge in [0.2, 0.25) is 0 Å². The van der Waals surface area contributed by atoms with Crippen LogP contribution in [0.15, 0.2) is 18.2 Å². The Hall–Kier alpha value is -1.13. The number of halogens is 1. The van der Waals surface area contributed by atoms with Crippen molar-refractivity contribution in [1.29, 1.82) is 0 Å². The van der Waals surface area contributed by atoms with E-state index in [0.717, 1.165) is 6.42 Å². The number of benzene rings is 1. The third kappa shape index (κ3) is 4.18. The lowest BCUT2D eigenvalue weighted by Crippen LogP contribution is -2.20. The molecule has 1 fully saturated rings. The van der Waals surface area contributed by atoms with E-state index in [1.54, 1.807) is 13.0 Å². The van der Waals surface area contributed by atoms with Crippen LogP contribution in [0.5, 0.6) is 5.75 Å². The zero-order valence-electron chi connectivity index (χ0n) is 11.9. The van der Waals surface area contributed by atoms with Gasteiger partial charge >= 0.3 is 0 Å². The Bertz CT molecular complexity index is 428. The van der Waals surface area contributed by atoms with Crippen molar-refractivity contribution in [3.63, 3.8) is 0 Å². The first kappa shape index (κ1) is 15.3. The standard InChI is InChI=1S/C16H23FO3/c1-11(18)13-6-7-16(15(17)9-13)20-10-14(19)8-12-4-2-3-5-12/h6-7,9,11-12,14,18-19H,2-5,8,10H2,1H3. The van der Waals surface area contributed by atoms with Crippen molar-refractivity contribution in [3.8, 4) is 5.75 Å². The first-order chi connectivity index (χ1) is 9.56. The van der Waals surface area contributed by atoms with E-state index in [1.807, 2.05) is 0 Å². The van der Waals surface area contributed by atoms with Crippen LogP contribution in [0.1, 0.15) is 50.7 Å². The quantitative estimate of drug-likeness (QED) is 0.842. The summed E-state index contributed by atoms with van der Waals surface area (Å²) in [6.45, 7) is 1.70. The zero-order chi connectivity index (χ0) is 14.5. The van der Waals surface area contributed by atoms with Crippen LogP contribution in [-0.2, 0) is 0 Å². The second kappa shape index (κ2) is 7.04. The predicted molar refractivity (Wildman–Crippen MR) is 75.1 cm³/mol. The molecular weight excluding hydrogens is 259 g/mol. The molecular formula is C16H23FO3. The molecule has 2 rings (SSSR count). The van der Waals surface area contributed by atoms with Gasteiger partial charge in [-0.1, -0.05) is 31.7 Å². The minimum Gasteiger partial charge on any atom is -0.488 e. The van der Waals surface area contributed by atoms with Gasteiger partial charge in [0, 0.05) is 0 Å². The molecule has 0 radical (unpaired) electrons. The monoisotopic (exact) mass is 282 g/mol. The summed E-state index contributed by atoms with van der Waals surface area (Å²) < 4.78 is 19.1. The Balaban J connectivity index is 1.83. The number of rotatable bonds is 6.